The molecule has 0 bridgehead atoms. The van der Waals surface area contributed by atoms with Crippen molar-refractivity contribution in [1.29, 1.82) is 0 Å². The van der Waals surface area contributed by atoms with Crippen LogP contribution >= 0.6 is 0 Å². The lowest BCUT2D eigenvalue weighted by Crippen LogP contribution is -2.00. The Balaban J connectivity index is 1.94. The van der Waals surface area contributed by atoms with Gasteiger partial charge < -0.3 is 4.57 Å². The van der Waals surface area contributed by atoms with E-state index in [1.807, 2.05) is 6.07 Å². The van der Waals surface area contributed by atoms with Crippen LogP contribution in [0.3, 0.4) is 0 Å². The Morgan fingerprint density at radius 2 is 2.18 bits per heavy atom. The van der Waals surface area contributed by atoms with Gasteiger partial charge in [0.15, 0.2) is 0 Å². The molecule has 0 N–H and O–H groups in total. The van der Waals surface area contributed by atoms with E-state index >= 15 is 0 Å². The molecule has 2 nitrogen and oxygen atoms in total. The zero-order valence-corrected chi connectivity index (χ0v) is 9.80. The molecule has 0 aliphatic heterocycles. The number of allylic oxidation sites excluding steroid dienone is 4. The third kappa shape index (κ3) is 1.24. The fraction of sp³-hybridized carbons (Fsp3) is 0.267. The van der Waals surface area contributed by atoms with E-state index < -0.39 is 0 Å². The summed E-state index contributed by atoms with van der Waals surface area (Å²) in [6, 6.07) is 8.34. The molecule has 84 valence electrons. The van der Waals surface area contributed by atoms with E-state index in [1.54, 1.807) is 0 Å². The monoisotopic (exact) mass is 222 g/mol. The second kappa shape index (κ2) is 3.10. The van der Waals surface area contributed by atoms with Gasteiger partial charge in [-0.1, -0.05) is 30.4 Å². The van der Waals surface area contributed by atoms with Crippen molar-refractivity contribution >= 4 is 16.6 Å². The smallest absolute Gasteiger partial charge is 0.137 e. The molecule has 2 heteroatoms. The third-order valence-electron chi connectivity index (χ3n) is 3.92. The molecule has 0 spiro atoms. The number of fused-ring (bicyclic) bond motifs is 2. The second-order valence-corrected chi connectivity index (χ2v) is 5.00. The minimum absolute atomic E-state index is 0.718. The van der Waals surface area contributed by atoms with Gasteiger partial charge in [0, 0.05) is 7.05 Å². The van der Waals surface area contributed by atoms with Gasteiger partial charge in [-0.3, -0.25) is 0 Å². The average molecular weight is 222 g/mol. The maximum atomic E-state index is 4.77. The van der Waals surface area contributed by atoms with Crippen LogP contribution in [0, 0.1) is 11.8 Å². The fourth-order valence-electron chi connectivity index (χ4n) is 2.85. The largest absolute Gasteiger partial charge is 0.327 e. The van der Waals surface area contributed by atoms with Gasteiger partial charge >= 0.3 is 0 Å². The molecule has 4 rings (SSSR count). The molecule has 1 heterocycles. The predicted molar refractivity (Wildman–Crippen MR) is 69.4 cm³/mol. The maximum absolute atomic E-state index is 4.77. The summed E-state index contributed by atoms with van der Waals surface area (Å²) < 4.78 is 2.22. The van der Waals surface area contributed by atoms with Crippen molar-refractivity contribution in [1.82, 2.24) is 9.55 Å². The summed E-state index contributed by atoms with van der Waals surface area (Å²) in [5, 5.41) is 0. The highest BCUT2D eigenvalue weighted by atomic mass is 15.1. The molecule has 2 atom stereocenters. The number of aromatic nitrogens is 2. The standard InChI is InChI=1S/C15H14N2/c1-17-14-8-3-2-7-13(14)16-15(17)11-6-4-5-10-9-12(10)11/h2-8,10,12H,9H2,1H3. The van der Waals surface area contributed by atoms with Gasteiger partial charge in [0.2, 0.25) is 0 Å². The van der Waals surface area contributed by atoms with Crippen molar-refractivity contribution in [2.75, 3.05) is 0 Å². The Morgan fingerprint density at radius 1 is 1.29 bits per heavy atom. The normalized spacial score (nSPS) is 25.8. The zero-order chi connectivity index (χ0) is 11.4. The van der Waals surface area contributed by atoms with Crippen molar-refractivity contribution in [3.63, 3.8) is 0 Å². The molecular formula is C15H14N2. The molecule has 2 aromatic rings. The van der Waals surface area contributed by atoms with E-state index in [0.29, 0.717) is 0 Å². The molecule has 1 aromatic heterocycles. The summed E-state index contributed by atoms with van der Waals surface area (Å²) in [5.74, 6) is 2.63. The van der Waals surface area contributed by atoms with Crippen molar-refractivity contribution in [2.24, 2.45) is 18.9 Å². The van der Waals surface area contributed by atoms with Crippen molar-refractivity contribution < 1.29 is 0 Å². The average Bonchev–Trinajstić information content (AvgIpc) is 3.08. The van der Waals surface area contributed by atoms with E-state index in [4.69, 9.17) is 4.98 Å². The van der Waals surface area contributed by atoms with E-state index in [9.17, 15) is 0 Å². The van der Waals surface area contributed by atoms with E-state index in [-0.39, 0.29) is 0 Å². The second-order valence-electron chi connectivity index (χ2n) is 5.00. The minimum atomic E-state index is 0.718. The molecule has 0 saturated heterocycles. The molecule has 2 aliphatic rings. The molecule has 1 aromatic carbocycles. The van der Waals surface area contributed by atoms with Gasteiger partial charge in [0.05, 0.1) is 11.0 Å². The van der Waals surface area contributed by atoms with Gasteiger partial charge in [-0.15, -0.1) is 0 Å². The van der Waals surface area contributed by atoms with Crippen LogP contribution in [0.1, 0.15) is 12.2 Å². The SMILES string of the molecule is Cn1c(C2=CC=CC3CC23)nc2ccccc21. The molecule has 2 aliphatic carbocycles. The van der Waals surface area contributed by atoms with E-state index in [2.05, 4.69) is 48.0 Å². The number of benzene rings is 1. The lowest BCUT2D eigenvalue weighted by Gasteiger charge is -2.08. The Labute approximate surface area is 100 Å². The molecular weight excluding hydrogens is 208 g/mol. The predicted octanol–water partition coefficient (Wildman–Crippen LogP) is 3.16. The van der Waals surface area contributed by atoms with Crippen LogP contribution < -0.4 is 0 Å². The molecule has 17 heavy (non-hydrogen) atoms. The number of nitrogens with zero attached hydrogens (tertiary/aromatic N) is 2. The lowest BCUT2D eigenvalue weighted by atomic mass is 10.0. The van der Waals surface area contributed by atoms with Crippen molar-refractivity contribution in [3.05, 3.63) is 48.3 Å². The Kier molecular flexibility index (Phi) is 1.68. The summed E-state index contributed by atoms with van der Waals surface area (Å²) in [6.07, 6.45) is 8.03. The van der Waals surface area contributed by atoms with Crippen LogP contribution in [0.15, 0.2) is 42.5 Å². The molecule has 0 amide bonds. The fourth-order valence-corrected chi connectivity index (χ4v) is 2.85. The number of aryl methyl sites for hydroxylation is 1. The first-order valence-corrected chi connectivity index (χ1v) is 6.15. The zero-order valence-electron chi connectivity index (χ0n) is 9.80. The van der Waals surface area contributed by atoms with Gasteiger partial charge in [-0.05, 0) is 36.0 Å². The number of rotatable bonds is 1. The summed E-state index contributed by atoms with van der Waals surface area (Å²) >= 11 is 0. The lowest BCUT2D eigenvalue weighted by molar-refractivity contribution is 0.885. The summed E-state index contributed by atoms with van der Waals surface area (Å²) in [4.78, 5) is 4.77. The first kappa shape index (κ1) is 9.23. The number of imidazole rings is 1. The summed E-state index contributed by atoms with van der Waals surface area (Å²) in [7, 11) is 2.11. The number of hydrogen-bond donors (Lipinski definition) is 0. The highest BCUT2D eigenvalue weighted by molar-refractivity contribution is 5.81. The van der Waals surface area contributed by atoms with Crippen LogP contribution in [0.4, 0.5) is 0 Å². The highest BCUT2D eigenvalue weighted by Crippen LogP contribution is 2.50. The minimum Gasteiger partial charge on any atom is -0.327 e. The summed E-state index contributed by atoms with van der Waals surface area (Å²) in [5.41, 5.74) is 3.73. The third-order valence-corrected chi connectivity index (χ3v) is 3.92. The van der Waals surface area contributed by atoms with Gasteiger partial charge in [0.1, 0.15) is 5.82 Å². The Hall–Kier alpha value is -1.83. The topological polar surface area (TPSA) is 17.8 Å². The van der Waals surface area contributed by atoms with E-state index in [0.717, 1.165) is 23.2 Å². The molecule has 0 radical (unpaired) electrons. The molecule has 2 unspecified atom stereocenters. The van der Waals surface area contributed by atoms with Crippen LogP contribution in [0.25, 0.3) is 16.6 Å². The quantitative estimate of drug-likeness (QED) is 0.724. The maximum Gasteiger partial charge on any atom is 0.137 e. The van der Waals surface area contributed by atoms with Gasteiger partial charge in [0.25, 0.3) is 0 Å². The van der Waals surface area contributed by atoms with E-state index in [1.165, 1.54) is 17.5 Å². The van der Waals surface area contributed by atoms with Crippen LogP contribution in [-0.4, -0.2) is 9.55 Å². The van der Waals surface area contributed by atoms with Gasteiger partial charge in [-0.2, -0.15) is 0 Å². The number of hydrogen-bond acceptors (Lipinski definition) is 1. The highest BCUT2D eigenvalue weighted by Gasteiger charge is 2.40. The number of para-hydroxylation sites is 2. The van der Waals surface area contributed by atoms with Gasteiger partial charge in [-0.25, -0.2) is 4.98 Å². The van der Waals surface area contributed by atoms with Crippen molar-refractivity contribution in [3.8, 4) is 0 Å². The Bertz CT molecular complexity index is 661. The first-order valence-electron chi connectivity index (χ1n) is 6.15. The molecule has 1 saturated carbocycles. The Morgan fingerprint density at radius 3 is 3.06 bits per heavy atom. The van der Waals surface area contributed by atoms with Crippen LogP contribution in [0.2, 0.25) is 0 Å². The summed E-state index contributed by atoms with van der Waals surface area (Å²) in [6.45, 7) is 0. The molecule has 1 fully saturated rings. The van der Waals surface area contributed by atoms with Crippen LogP contribution in [-0.2, 0) is 7.05 Å². The first-order chi connectivity index (χ1) is 8.34. The van der Waals surface area contributed by atoms with Crippen molar-refractivity contribution in [2.45, 2.75) is 6.42 Å². The van der Waals surface area contributed by atoms with Crippen LogP contribution in [0.5, 0.6) is 0 Å².